The van der Waals surface area contributed by atoms with Gasteiger partial charge in [0.1, 0.15) is 12.6 Å². The standard InChI is InChI=1S/C26H28ClN3O4S/c1-19-9-7-8-12-24(19)30(35(33,34)23-15-13-22(27)14-16-23)18-25(31)29(20(2)26(32)28-3)17-21-10-5-4-6-11-21/h4-16,20H,17-18H2,1-3H3,(H,28,32). The van der Waals surface area contributed by atoms with Gasteiger partial charge in [0.05, 0.1) is 10.6 Å². The summed E-state index contributed by atoms with van der Waals surface area (Å²) in [7, 11) is -2.63. The zero-order chi connectivity index (χ0) is 25.6. The van der Waals surface area contributed by atoms with Crippen molar-refractivity contribution in [2.45, 2.75) is 31.3 Å². The average molecular weight is 514 g/mol. The van der Waals surface area contributed by atoms with Crippen LogP contribution in [0.3, 0.4) is 0 Å². The maximum absolute atomic E-state index is 13.7. The molecule has 184 valence electrons. The molecule has 1 atom stereocenters. The van der Waals surface area contributed by atoms with E-state index < -0.39 is 28.5 Å². The van der Waals surface area contributed by atoms with E-state index in [-0.39, 0.29) is 17.3 Å². The van der Waals surface area contributed by atoms with E-state index in [2.05, 4.69) is 5.32 Å². The lowest BCUT2D eigenvalue weighted by Crippen LogP contribution is -2.50. The summed E-state index contributed by atoms with van der Waals surface area (Å²) in [5, 5.41) is 2.96. The number of sulfonamides is 1. The summed E-state index contributed by atoms with van der Waals surface area (Å²) < 4.78 is 28.5. The number of carbonyl (C=O) groups is 2. The molecule has 0 aliphatic rings. The van der Waals surface area contributed by atoms with Gasteiger partial charge in [-0.2, -0.15) is 0 Å². The first kappa shape index (κ1) is 26.2. The smallest absolute Gasteiger partial charge is 0.264 e. The molecule has 0 aliphatic carbocycles. The Labute approximate surface area is 211 Å². The van der Waals surface area contributed by atoms with Gasteiger partial charge in [-0.3, -0.25) is 13.9 Å². The van der Waals surface area contributed by atoms with Crippen LogP contribution in [0.25, 0.3) is 0 Å². The molecule has 3 rings (SSSR count). The normalized spacial score (nSPS) is 12.0. The van der Waals surface area contributed by atoms with Gasteiger partial charge in [-0.05, 0) is 55.3 Å². The predicted molar refractivity (Wildman–Crippen MR) is 138 cm³/mol. The molecule has 0 spiro atoms. The first-order valence-corrected chi connectivity index (χ1v) is 12.9. The molecule has 2 amide bonds. The van der Waals surface area contributed by atoms with Crippen molar-refractivity contribution < 1.29 is 18.0 Å². The topological polar surface area (TPSA) is 86.8 Å². The summed E-state index contributed by atoms with van der Waals surface area (Å²) in [4.78, 5) is 27.5. The Morgan fingerprint density at radius 1 is 0.943 bits per heavy atom. The molecular weight excluding hydrogens is 486 g/mol. The van der Waals surface area contributed by atoms with Gasteiger partial charge >= 0.3 is 0 Å². The molecule has 0 fully saturated rings. The SMILES string of the molecule is CNC(=O)C(C)N(Cc1ccccc1)C(=O)CN(c1ccccc1C)S(=O)(=O)c1ccc(Cl)cc1. The first-order valence-electron chi connectivity index (χ1n) is 11.0. The number of aryl methyl sites for hydroxylation is 1. The molecule has 0 saturated heterocycles. The summed E-state index contributed by atoms with van der Waals surface area (Å²) >= 11 is 5.96. The Morgan fingerprint density at radius 3 is 2.14 bits per heavy atom. The third-order valence-corrected chi connectivity index (χ3v) is 7.70. The maximum atomic E-state index is 13.7. The number of para-hydroxylation sites is 1. The van der Waals surface area contributed by atoms with E-state index in [1.54, 1.807) is 38.1 Å². The molecule has 1 unspecified atom stereocenters. The minimum absolute atomic E-state index is 0.00640. The molecule has 3 aromatic rings. The molecule has 0 saturated carbocycles. The second-order valence-corrected chi connectivity index (χ2v) is 10.3. The van der Waals surface area contributed by atoms with E-state index in [4.69, 9.17) is 11.6 Å². The van der Waals surface area contributed by atoms with E-state index >= 15 is 0 Å². The number of carbonyl (C=O) groups excluding carboxylic acids is 2. The number of nitrogens with zero attached hydrogens (tertiary/aromatic N) is 2. The number of anilines is 1. The minimum Gasteiger partial charge on any atom is -0.357 e. The fraction of sp³-hybridized carbons (Fsp3) is 0.231. The van der Waals surface area contributed by atoms with Crippen molar-refractivity contribution in [3.8, 4) is 0 Å². The van der Waals surface area contributed by atoms with Crippen molar-refractivity contribution in [2.75, 3.05) is 17.9 Å². The lowest BCUT2D eigenvalue weighted by molar-refractivity contribution is -0.139. The van der Waals surface area contributed by atoms with Crippen LogP contribution in [0.4, 0.5) is 5.69 Å². The largest absolute Gasteiger partial charge is 0.357 e. The average Bonchev–Trinajstić information content (AvgIpc) is 2.86. The Balaban J connectivity index is 2.04. The van der Waals surface area contributed by atoms with Gasteiger partial charge in [0.25, 0.3) is 10.0 Å². The zero-order valence-electron chi connectivity index (χ0n) is 19.8. The zero-order valence-corrected chi connectivity index (χ0v) is 21.4. The molecule has 0 bridgehead atoms. The third-order valence-electron chi connectivity index (χ3n) is 5.67. The summed E-state index contributed by atoms with van der Waals surface area (Å²) in [6, 6.07) is 21.1. The predicted octanol–water partition coefficient (Wildman–Crippen LogP) is 4.01. The number of rotatable bonds is 9. The fourth-order valence-corrected chi connectivity index (χ4v) is 5.27. The highest BCUT2D eigenvalue weighted by Crippen LogP contribution is 2.28. The van der Waals surface area contributed by atoms with Crippen molar-refractivity contribution in [1.82, 2.24) is 10.2 Å². The van der Waals surface area contributed by atoms with Gasteiger partial charge in [0.15, 0.2) is 0 Å². The Kier molecular flexibility index (Phi) is 8.53. The van der Waals surface area contributed by atoms with Crippen LogP contribution >= 0.6 is 11.6 Å². The van der Waals surface area contributed by atoms with Crippen molar-refractivity contribution in [3.05, 3.63) is 95.0 Å². The van der Waals surface area contributed by atoms with E-state index in [0.717, 1.165) is 9.87 Å². The number of hydrogen-bond acceptors (Lipinski definition) is 4. The van der Waals surface area contributed by atoms with Gasteiger partial charge in [0.2, 0.25) is 11.8 Å². The third kappa shape index (κ3) is 6.21. The maximum Gasteiger partial charge on any atom is 0.264 e. The van der Waals surface area contributed by atoms with Gasteiger partial charge < -0.3 is 10.2 Å². The summed E-state index contributed by atoms with van der Waals surface area (Å²) in [5.41, 5.74) is 1.88. The van der Waals surface area contributed by atoms with E-state index in [1.807, 2.05) is 30.3 Å². The first-order chi connectivity index (χ1) is 16.6. The van der Waals surface area contributed by atoms with Gasteiger partial charge in [-0.15, -0.1) is 0 Å². The molecule has 35 heavy (non-hydrogen) atoms. The van der Waals surface area contributed by atoms with Gasteiger partial charge in [-0.1, -0.05) is 60.1 Å². The number of likely N-dealkylation sites (N-methyl/N-ethyl adjacent to an activating group) is 1. The highest BCUT2D eigenvalue weighted by molar-refractivity contribution is 7.92. The van der Waals surface area contributed by atoms with Crippen LogP contribution in [0.1, 0.15) is 18.1 Å². The minimum atomic E-state index is -4.12. The van der Waals surface area contributed by atoms with E-state index in [9.17, 15) is 18.0 Å². The lowest BCUT2D eigenvalue weighted by atomic mass is 10.1. The molecule has 0 aliphatic heterocycles. The Hall–Kier alpha value is -3.36. The van der Waals surface area contributed by atoms with Crippen molar-refractivity contribution >= 4 is 39.1 Å². The highest BCUT2D eigenvalue weighted by atomic mass is 35.5. The van der Waals surface area contributed by atoms with Crippen molar-refractivity contribution in [3.63, 3.8) is 0 Å². The number of halogens is 1. The summed E-state index contributed by atoms with van der Waals surface area (Å²) in [6.07, 6.45) is 0. The van der Waals surface area contributed by atoms with Crippen LogP contribution in [0.5, 0.6) is 0 Å². The van der Waals surface area contributed by atoms with Crippen LogP contribution in [0, 0.1) is 6.92 Å². The van der Waals surface area contributed by atoms with Crippen LogP contribution in [-0.2, 0) is 26.2 Å². The van der Waals surface area contributed by atoms with Crippen LogP contribution < -0.4 is 9.62 Å². The molecule has 0 aromatic heterocycles. The molecule has 1 N–H and O–H groups in total. The molecule has 3 aromatic carbocycles. The van der Waals surface area contributed by atoms with E-state index in [1.165, 1.54) is 36.2 Å². The quantitative estimate of drug-likeness (QED) is 0.468. The van der Waals surface area contributed by atoms with Crippen molar-refractivity contribution in [2.24, 2.45) is 0 Å². The van der Waals surface area contributed by atoms with Crippen LogP contribution in [-0.4, -0.2) is 44.8 Å². The molecule has 9 heteroatoms. The highest BCUT2D eigenvalue weighted by Gasteiger charge is 2.32. The van der Waals surface area contributed by atoms with Gasteiger partial charge in [0, 0.05) is 18.6 Å². The molecule has 7 nitrogen and oxygen atoms in total. The Morgan fingerprint density at radius 2 is 1.54 bits per heavy atom. The number of benzene rings is 3. The van der Waals surface area contributed by atoms with Gasteiger partial charge in [-0.25, -0.2) is 8.42 Å². The monoisotopic (exact) mass is 513 g/mol. The number of nitrogens with one attached hydrogen (secondary N) is 1. The van der Waals surface area contributed by atoms with E-state index in [0.29, 0.717) is 16.3 Å². The molecule has 0 heterocycles. The van der Waals surface area contributed by atoms with Crippen LogP contribution in [0.2, 0.25) is 5.02 Å². The summed E-state index contributed by atoms with van der Waals surface area (Å²) in [5.74, 6) is -0.858. The van der Waals surface area contributed by atoms with Crippen LogP contribution in [0.15, 0.2) is 83.8 Å². The lowest BCUT2D eigenvalue weighted by Gasteiger charge is -2.32. The molecular formula is C26H28ClN3O4S. The molecule has 0 radical (unpaired) electrons. The Bertz CT molecular complexity index is 1280. The fourth-order valence-electron chi connectivity index (χ4n) is 3.66. The summed E-state index contributed by atoms with van der Waals surface area (Å²) in [6.45, 7) is 3.06. The van der Waals surface area contributed by atoms with Crippen molar-refractivity contribution in [1.29, 1.82) is 0 Å². The number of hydrogen-bond donors (Lipinski definition) is 1. The number of amides is 2. The second kappa shape index (κ2) is 11.4. The second-order valence-electron chi connectivity index (χ2n) is 8.05.